The number of rotatable bonds is 6. The van der Waals surface area contributed by atoms with Crippen molar-refractivity contribution in [2.24, 2.45) is 0 Å². The van der Waals surface area contributed by atoms with Crippen LogP contribution in [0.4, 0.5) is 5.69 Å². The second-order valence-electron chi connectivity index (χ2n) is 7.15. The van der Waals surface area contributed by atoms with Gasteiger partial charge in [-0.15, -0.1) is 11.3 Å². The first-order valence-electron chi connectivity index (χ1n) is 10.1. The number of esters is 1. The highest BCUT2D eigenvalue weighted by molar-refractivity contribution is 7.99. The maximum atomic E-state index is 13.7. The van der Waals surface area contributed by atoms with E-state index in [9.17, 15) is 19.7 Å². The molecular weight excluding hydrogens is 438 g/mol. The minimum atomic E-state index is -0.483. The number of thioether (sulfide) groups is 1. The predicted molar refractivity (Wildman–Crippen MR) is 120 cm³/mol. The summed E-state index contributed by atoms with van der Waals surface area (Å²) in [6.07, 6.45) is 5.07. The number of aryl methyl sites for hydroxylation is 2. The van der Waals surface area contributed by atoms with Gasteiger partial charge in [0.2, 0.25) is 0 Å². The average molecular weight is 460 g/mol. The minimum absolute atomic E-state index is 0.0177. The molecule has 0 saturated heterocycles. The molecule has 10 heteroatoms. The average Bonchev–Trinajstić information content (AvgIpc) is 2.94. The van der Waals surface area contributed by atoms with Crippen molar-refractivity contribution in [1.82, 2.24) is 9.55 Å². The summed E-state index contributed by atoms with van der Waals surface area (Å²) in [4.78, 5) is 42.7. The van der Waals surface area contributed by atoms with Gasteiger partial charge in [0.15, 0.2) is 5.16 Å². The lowest BCUT2D eigenvalue weighted by atomic mass is 10.1. The molecule has 31 heavy (non-hydrogen) atoms. The third-order valence-electron chi connectivity index (χ3n) is 5.15. The van der Waals surface area contributed by atoms with E-state index in [1.54, 1.807) is 18.3 Å². The molecule has 0 amide bonds. The van der Waals surface area contributed by atoms with E-state index in [-0.39, 0.29) is 29.6 Å². The van der Waals surface area contributed by atoms with Crippen LogP contribution in [0.3, 0.4) is 0 Å². The molecule has 0 atom stereocenters. The van der Waals surface area contributed by atoms with Gasteiger partial charge in [-0.1, -0.05) is 18.2 Å². The van der Waals surface area contributed by atoms with Crippen molar-refractivity contribution >= 4 is 45.0 Å². The van der Waals surface area contributed by atoms with Crippen LogP contribution in [0.1, 0.15) is 36.6 Å². The Kier molecular flexibility index (Phi) is 6.38. The van der Waals surface area contributed by atoms with Crippen molar-refractivity contribution in [2.75, 3.05) is 12.4 Å². The molecule has 0 bridgehead atoms. The quantitative estimate of drug-likeness (QED) is 0.135. The number of benzene rings is 1. The third kappa shape index (κ3) is 4.35. The Balaban J connectivity index is 1.87. The van der Waals surface area contributed by atoms with Crippen LogP contribution in [0.5, 0.6) is 0 Å². The maximum absolute atomic E-state index is 13.7. The smallest absolute Gasteiger partial charge is 0.316 e. The number of carbonyl (C=O) groups excluding carboxylic acids is 1. The lowest BCUT2D eigenvalue weighted by molar-refractivity contribution is -0.384. The van der Waals surface area contributed by atoms with Crippen LogP contribution < -0.4 is 5.56 Å². The van der Waals surface area contributed by atoms with Gasteiger partial charge in [0.25, 0.3) is 11.2 Å². The van der Waals surface area contributed by atoms with Crippen LogP contribution in [0.25, 0.3) is 15.9 Å². The number of nitro benzene ring substituents is 1. The number of thiophene rings is 1. The molecule has 0 spiro atoms. The maximum Gasteiger partial charge on any atom is 0.316 e. The summed E-state index contributed by atoms with van der Waals surface area (Å²) in [6.45, 7) is 2.01. The number of fused-ring (bicyclic) bond motifs is 3. The fourth-order valence-corrected chi connectivity index (χ4v) is 5.85. The molecule has 1 aliphatic carbocycles. The number of non-ortho nitro benzene ring substituents is 1. The van der Waals surface area contributed by atoms with Gasteiger partial charge < -0.3 is 4.74 Å². The molecule has 1 aromatic carbocycles. The highest BCUT2D eigenvalue weighted by Crippen LogP contribution is 2.34. The van der Waals surface area contributed by atoms with Crippen molar-refractivity contribution in [3.8, 4) is 5.69 Å². The van der Waals surface area contributed by atoms with Crippen molar-refractivity contribution in [2.45, 2.75) is 44.2 Å². The fourth-order valence-electron chi connectivity index (χ4n) is 3.74. The number of carbonyl (C=O) groups is 1. The van der Waals surface area contributed by atoms with Gasteiger partial charge in [-0.2, -0.15) is 0 Å². The zero-order valence-corrected chi connectivity index (χ0v) is 18.6. The van der Waals surface area contributed by atoms with E-state index in [0.29, 0.717) is 21.1 Å². The fraction of sp³-hybridized carbons (Fsp3) is 0.381. The van der Waals surface area contributed by atoms with Gasteiger partial charge in [0, 0.05) is 17.0 Å². The molecule has 3 aromatic rings. The zero-order chi connectivity index (χ0) is 22.0. The van der Waals surface area contributed by atoms with Gasteiger partial charge in [0.1, 0.15) is 4.83 Å². The van der Waals surface area contributed by atoms with Gasteiger partial charge in [-0.25, -0.2) is 4.98 Å². The van der Waals surface area contributed by atoms with E-state index in [0.717, 1.165) is 49.4 Å². The molecule has 1 aliphatic rings. The van der Waals surface area contributed by atoms with Crippen LogP contribution in [0, 0.1) is 10.1 Å². The predicted octanol–water partition coefficient (Wildman–Crippen LogP) is 4.28. The molecule has 2 aromatic heterocycles. The Morgan fingerprint density at radius 2 is 2.00 bits per heavy atom. The van der Waals surface area contributed by atoms with E-state index in [1.807, 2.05) is 0 Å². The van der Waals surface area contributed by atoms with Gasteiger partial charge in [-0.05, 0) is 50.3 Å². The van der Waals surface area contributed by atoms with Crippen LogP contribution in [-0.2, 0) is 22.4 Å². The van der Waals surface area contributed by atoms with E-state index in [4.69, 9.17) is 9.72 Å². The summed E-state index contributed by atoms with van der Waals surface area (Å²) >= 11 is 2.68. The second kappa shape index (κ2) is 9.19. The summed E-state index contributed by atoms with van der Waals surface area (Å²) in [6, 6.07) is 5.79. The molecule has 162 valence electrons. The normalized spacial score (nSPS) is 13.6. The highest BCUT2D eigenvalue weighted by atomic mass is 32.2. The first-order valence-corrected chi connectivity index (χ1v) is 11.9. The summed E-state index contributed by atoms with van der Waals surface area (Å²) in [5.74, 6) is -0.372. The van der Waals surface area contributed by atoms with E-state index >= 15 is 0 Å². The molecular formula is C21H21N3O5S2. The number of hydrogen-bond donors (Lipinski definition) is 0. The summed E-state index contributed by atoms with van der Waals surface area (Å²) in [7, 11) is 0. The Morgan fingerprint density at radius 3 is 2.71 bits per heavy atom. The summed E-state index contributed by atoms with van der Waals surface area (Å²) in [5.41, 5.74) is 1.29. The number of ether oxygens (including phenoxy) is 1. The van der Waals surface area contributed by atoms with Crippen molar-refractivity contribution in [1.29, 1.82) is 0 Å². The first-order chi connectivity index (χ1) is 15.0. The minimum Gasteiger partial charge on any atom is -0.465 e. The largest absolute Gasteiger partial charge is 0.465 e. The highest BCUT2D eigenvalue weighted by Gasteiger charge is 2.23. The monoisotopic (exact) mass is 459 g/mol. The lowest BCUT2D eigenvalue weighted by Crippen LogP contribution is -2.22. The Hall–Kier alpha value is -2.72. The van der Waals surface area contributed by atoms with Crippen LogP contribution in [0.2, 0.25) is 0 Å². The number of aromatic nitrogens is 2. The summed E-state index contributed by atoms with van der Waals surface area (Å²) < 4.78 is 6.45. The standard InChI is InChI=1S/C21H21N3O5S2/c1-2-29-17(25)12-30-21-22-19-18(15-6-4-3-5-7-16(15)31-19)20(26)23(21)13-8-10-14(11-9-13)24(27)28/h8-11H,2-7,12H2,1H3. The van der Waals surface area contributed by atoms with Crippen molar-refractivity contribution in [3.05, 3.63) is 55.2 Å². The summed E-state index contributed by atoms with van der Waals surface area (Å²) in [5, 5.41) is 12.0. The number of nitrogens with zero attached hydrogens (tertiary/aromatic N) is 3. The van der Waals surface area contributed by atoms with E-state index in [2.05, 4.69) is 0 Å². The molecule has 0 fully saturated rings. The van der Waals surface area contributed by atoms with E-state index in [1.165, 1.54) is 33.7 Å². The SMILES string of the molecule is CCOC(=O)CSc1nc2sc3c(c2c(=O)n1-c1ccc([N+](=O)[O-])cc1)CCCCC3. The topological polar surface area (TPSA) is 104 Å². The Labute approximate surface area is 186 Å². The molecule has 0 N–H and O–H groups in total. The van der Waals surface area contributed by atoms with Gasteiger partial charge >= 0.3 is 5.97 Å². The molecule has 0 aliphatic heterocycles. The molecule has 0 radical (unpaired) electrons. The molecule has 2 heterocycles. The van der Waals surface area contributed by atoms with Crippen molar-refractivity contribution in [3.63, 3.8) is 0 Å². The Bertz CT molecular complexity index is 1200. The lowest BCUT2D eigenvalue weighted by Gasteiger charge is -2.12. The molecule has 0 saturated carbocycles. The zero-order valence-electron chi connectivity index (χ0n) is 17.0. The number of nitro groups is 1. The van der Waals surface area contributed by atoms with Crippen molar-refractivity contribution < 1.29 is 14.5 Å². The van der Waals surface area contributed by atoms with Crippen LogP contribution >= 0.6 is 23.1 Å². The van der Waals surface area contributed by atoms with Gasteiger partial charge in [-0.3, -0.25) is 24.3 Å². The van der Waals surface area contributed by atoms with Crippen LogP contribution in [-0.4, -0.2) is 32.8 Å². The third-order valence-corrected chi connectivity index (χ3v) is 7.25. The van der Waals surface area contributed by atoms with Gasteiger partial charge in [0.05, 0.1) is 28.4 Å². The van der Waals surface area contributed by atoms with E-state index < -0.39 is 4.92 Å². The second-order valence-corrected chi connectivity index (χ2v) is 9.17. The number of hydrogen-bond acceptors (Lipinski definition) is 8. The molecule has 0 unspecified atom stereocenters. The first kappa shape index (κ1) is 21.5. The molecule has 4 rings (SSSR count). The molecule has 8 nitrogen and oxygen atoms in total. The van der Waals surface area contributed by atoms with Crippen LogP contribution in [0.15, 0.2) is 34.2 Å². The Morgan fingerprint density at radius 1 is 1.26 bits per heavy atom.